The van der Waals surface area contributed by atoms with Crippen molar-refractivity contribution in [3.05, 3.63) is 50.8 Å². The topological polar surface area (TPSA) is 104 Å². The van der Waals surface area contributed by atoms with Crippen molar-refractivity contribution >= 4 is 34.2 Å². The van der Waals surface area contributed by atoms with Crippen molar-refractivity contribution in [1.82, 2.24) is 4.57 Å². The van der Waals surface area contributed by atoms with Gasteiger partial charge in [0.1, 0.15) is 16.4 Å². The van der Waals surface area contributed by atoms with Crippen LogP contribution in [-0.4, -0.2) is 36.6 Å². The van der Waals surface area contributed by atoms with Gasteiger partial charge >= 0.3 is 11.9 Å². The van der Waals surface area contributed by atoms with Crippen LogP contribution in [0.4, 0.5) is 5.00 Å². The Morgan fingerprint density at radius 2 is 1.84 bits per heavy atom. The van der Waals surface area contributed by atoms with E-state index in [1.807, 2.05) is 0 Å². The molecule has 0 aliphatic carbocycles. The Bertz CT molecular complexity index is 883. The zero-order valence-electron chi connectivity index (χ0n) is 13.8. The molecule has 2 rings (SSSR count). The van der Waals surface area contributed by atoms with Crippen LogP contribution in [0, 0.1) is 6.92 Å². The first-order valence-electron chi connectivity index (χ1n) is 7.14. The number of methoxy groups -OCH3 is 2. The molecule has 25 heavy (non-hydrogen) atoms. The standard InChI is InChI=1S/C16H16N2O6S/c1-9-12(15(21)23-2)14(25-13(9)16(22)24-3)17-10(19)8-18-7-5-4-6-11(18)20/h4-7H,8H2,1-3H3,(H,17,19). The van der Waals surface area contributed by atoms with Crippen molar-refractivity contribution in [2.45, 2.75) is 13.5 Å². The van der Waals surface area contributed by atoms with Crippen LogP contribution in [0.2, 0.25) is 0 Å². The van der Waals surface area contributed by atoms with Gasteiger partial charge in [-0.2, -0.15) is 0 Å². The Hall–Kier alpha value is -2.94. The molecule has 1 amide bonds. The Labute approximate surface area is 147 Å². The second-order valence-electron chi connectivity index (χ2n) is 4.96. The molecule has 8 nitrogen and oxygen atoms in total. The summed E-state index contributed by atoms with van der Waals surface area (Å²) < 4.78 is 10.6. The molecule has 0 saturated heterocycles. The van der Waals surface area contributed by atoms with Crippen LogP contribution >= 0.6 is 11.3 Å². The number of thiophene rings is 1. The summed E-state index contributed by atoms with van der Waals surface area (Å²) in [6.45, 7) is 1.33. The first-order chi connectivity index (χ1) is 11.9. The summed E-state index contributed by atoms with van der Waals surface area (Å²) in [5, 5.41) is 2.72. The normalized spacial score (nSPS) is 10.2. The first-order valence-corrected chi connectivity index (χ1v) is 7.96. The maximum Gasteiger partial charge on any atom is 0.348 e. The Morgan fingerprint density at radius 3 is 2.44 bits per heavy atom. The lowest BCUT2D eigenvalue weighted by atomic mass is 10.1. The molecule has 2 heterocycles. The fourth-order valence-electron chi connectivity index (χ4n) is 2.15. The van der Waals surface area contributed by atoms with E-state index in [-0.39, 0.29) is 27.5 Å². The highest BCUT2D eigenvalue weighted by molar-refractivity contribution is 7.18. The monoisotopic (exact) mass is 364 g/mol. The SMILES string of the molecule is COC(=O)c1sc(NC(=O)Cn2ccccc2=O)c(C(=O)OC)c1C. The molecular weight excluding hydrogens is 348 g/mol. The van der Waals surface area contributed by atoms with E-state index in [1.165, 1.54) is 31.0 Å². The van der Waals surface area contributed by atoms with Gasteiger partial charge in [0.25, 0.3) is 5.56 Å². The average molecular weight is 364 g/mol. The van der Waals surface area contributed by atoms with Gasteiger partial charge in [0.15, 0.2) is 0 Å². The number of hydrogen-bond donors (Lipinski definition) is 1. The Balaban J connectivity index is 2.33. The molecule has 0 aliphatic heterocycles. The van der Waals surface area contributed by atoms with Gasteiger partial charge in [0, 0.05) is 12.3 Å². The minimum Gasteiger partial charge on any atom is -0.465 e. The highest BCUT2D eigenvalue weighted by Crippen LogP contribution is 2.34. The zero-order chi connectivity index (χ0) is 18.6. The van der Waals surface area contributed by atoms with Gasteiger partial charge in [-0.3, -0.25) is 9.59 Å². The third kappa shape index (κ3) is 3.94. The van der Waals surface area contributed by atoms with E-state index in [1.54, 1.807) is 19.1 Å². The van der Waals surface area contributed by atoms with Gasteiger partial charge in [-0.05, 0) is 18.6 Å². The molecule has 9 heteroatoms. The van der Waals surface area contributed by atoms with Gasteiger partial charge < -0.3 is 19.4 Å². The molecule has 0 radical (unpaired) electrons. The molecular formula is C16H16N2O6S. The summed E-state index contributed by atoms with van der Waals surface area (Å²) >= 11 is 0.911. The molecule has 0 spiro atoms. The fraction of sp³-hybridized carbons (Fsp3) is 0.250. The number of carbonyl (C=O) groups is 3. The molecule has 1 N–H and O–H groups in total. The number of hydrogen-bond acceptors (Lipinski definition) is 7. The van der Waals surface area contributed by atoms with Crippen molar-refractivity contribution in [3.63, 3.8) is 0 Å². The highest BCUT2D eigenvalue weighted by Gasteiger charge is 2.26. The fourth-order valence-corrected chi connectivity index (χ4v) is 3.28. The number of anilines is 1. The number of nitrogens with one attached hydrogen (secondary N) is 1. The van der Waals surface area contributed by atoms with Crippen molar-refractivity contribution in [1.29, 1.82) is 0 Å². The molecule has 0 saturated carbocycles. The zero-order valence-corrected chi connectivity index (χ0v) is 14.6. The highest BCUT2D eigenvalue weighted by atomic mass is 32.1. The van der Waals surface area contributed by atoms with E-state index in [2.05, 4.69) is 10.1 Å². The van der Waals surface area contributed by atoms with Crippen molar-refractivity contribution in [2.24, 2.45) is 0 Å². The van der Waals surface area contributed by atoms with Crippen LogP contribution < -0.4 is 10.9 Å². The molecule has 0 atom stereocenters. The minimum atomic E-state index is -0.684. The largest absolute Gasteiger partial charge is 0.465 e. The quantitative estimate of drug-likeness (QED) is 0.805. The number of carbonyl (C=O) groups excluding carboxylic acids is 3. The van der Waals surface area contributed by atoms with Crippen LogP contribution in [0.5, 0.6) is 0 Å². The van der Waals surface area contributed by atoms with Crippen molar-refractivity contribution < 1.29 is 23.9 Å². The summed E-state index contributed by atoms with van der Waals surface area (Å²) in [5.41, 5.74) is 0.112. The van der Waals surface area contributed by atoms with Crippen molar-refractivity contribution in [2.75, 3.05) is 19.5 Å². The summed E-state index contributed by atoms with van der Waals surface area (Å²) in [6, 6.07) is 4.52. The van der Waals surface area contributed by atoms with Crippen LogP contribution in [-0.2, 0) is 20.8 Å². The molecule has 2 aromatic rings. The molecule has 0 aliphatic rings. The first kappa shape index (κ1) is 18.4. The number of rotatable bonds is 5. The molecule has 2 aromatic heterocycles. The smallest absolute Gasteiger partial charge is 0.348 e. The molecule has 0 unspecified atom stereocenters. The van der Waals surface area contributed by atoms with Crippen LogP contribution in [0.3, 0.4) is 0 Å². The maximum absolute atomic E-state index is 12.2. The minimum absolute atomic E-state index is 0.0849. The lowest BCUT2D eigenvalue weighted by Gasteiger charge is -2.07. The van der Waals surface area contributed by atoms with E-state index in [9.17, 15) is 19.2 Å². The van der Waals surface area contributed by atoms with E-state index in [0.29, 0.717) is 5.56 Å². The molecule has 0 aromatic carbocycles. The molecule has 0 fully saturated rings. The van der Waals surface area contributed by atoms with Crippen LogP contribution in [0.15, 0.2) is 29.2 Å². The molecule has 0 bridgehead atoms. The number of ether oxygens (including phenoxy) is 2. The number of amides is 1. The third-order valence-corrected chi connectivity index (χ3v) is 4.56. The second kappa shape index (κ2) is 7.75. The molecule has 132 valence electrons. The van der Waals surface area contributed by atoms with E-state index in [0.717, 1.165) is 11.3 Å². The summed E-state index contributed by atoms with van der Waals surface area (Å²) in [5.74, 6) is -1.82. The Morgan fingerprint density at radius 1 is 1.16 bits per heavy atom. The summed E-state index contributed by atoms with van der Waals surface area (Å²) in [4.78, 5) is 47.9. The maximum atomic E-state index is 12.2. The van der Waals surface area contributed by atoms with E-state index >= 15 is 0 Å². The van der Waals surface area contributed by atoms with E-state index in [4.69, 9.17) is 4.74 Å². The van der Waals surface area contributed by atoms with Gasteiger partial charge in [-0.15, -0.1) is 11.3 Å². The number of aromatic nitrogens is 1. The second-order valence-corrected chi connectivity index (χ2v) is 5.98. The third-order valence-electron chi connectivity index (χ3n) is 3.37. The predicted molar refractivity (Wildman–Crippen MR) is 91.1 cm³/mol. The Kier molecular flexibility index (Phi) is 5.71. The van der Waals surface area contributed by atoms with Gasteiger partial charge in [-0.1, -0.05) is 6.07 Å². The summed E-state index contributed by atoms with van der Waals surface area (Å²) in [6.07, 6.45) is 1.47. The lowest BCUT2D eigenvalue weighted by Crippen LogP contribution is -2.26. The predicted octanol–water partition coefficient (Wildman–Crippen LogP) is 1.43. The van der Waals surface area contributed by atoms with E-state index < -0.39 is 17.8 Å². The van der Waals surface area contributed by atoms with Gasteiger partial charge in [-0.25, -0.2) is 9.59 Å². The lowest BCUT2D eigenvalue weighted by molar-refractivity contribution is -0.116. The average Bonchev–Trinajstić information content (AvgIpc) is 2.91. The number of pyridine rings is 1. The van der Waals surface area contributed by atoms with Gasteiger partial charge in [0.2, 0.25) is 5.91 Å². The van der Waals surface area contributed by atoms with Crippen LogP contribution in [0.25, 0.3) is 0 Å². The van der Waals surface area contributed by atoms with Gasteiger partial charge in [0.05, 0.1) is 19.8 Å². The van der Waals surface area contributed by atoms with Crippen molar-refractivity contribution in [3.8, 4) is 0 Å². The number of esters is 2. The summed E-state index contributed by atoms with van der Waals surface area (Å²) in [7, 11) is 2.42. The van der Waals surface area contributed by atoms with Crippen LogP contribution in [0.1, 0.15) is 25.6 Å². The number of nitrogens with zero attached hydrogens (tertiary/aromatic N) is 1.